The van der Waals surface area contributed by atoms with E-state index in [9.17, 15) is 10.5 Å². The maximum absolute atomic E-state index is 9.92. The zero-order valence-electron chi connectivity index (χ0n) is 16.9. The van der Waals surface area contributed by atoms with Crippen molar-refractivity contribution in [3.05, 3.63) is 77.0 Å². The Morgan fingerprint density at radius 3 is 2.27 bits per heavy atom. The van der Waals surface area contributed by atoms with Gasteiger partial charge in [0.1, 0.15) is 29.5 Å². The Kier molecular flexibility index (Phi) is 7.45. The first-order chi connectivity index (χ1) is 14.7. The molecular weight excluding hydrogens is 394 g/mol. The maximum Gasteiger partial charge on any atom is 0.119 e. The summed E-state index contributed by atoms with van der Waals surface area (Å²) in [4.78, 5) is 4.56. The number of rotatable bonds is 8. The minimum atomic E-state index is 0.420. The van der Waals surface area contributed by atoms with Gasteiger partial charge in [0.25, 0.3) is 0 Å². The van der Waals surface area contributed by atoms with Gasteiger partial charge in [-0.1, -0.05) is 42.5 Å². The third-order valence-corrected chi connectivity index (χ3v) is 5.53. The molecule has 0 atom stereocenters. The number of ether oxygens (including phenoxy) is 2. The van der Waals surface area contributed by atoms with E-state index in [0.717, 1.165) is 11.1 Å². The highest BCUT2D eigenvalue weighted by Gasteiger charge is 2.20. The third-order valence-electron chi connectivity index (χ3n) is 4.49. The van der Waals surface area contributed by atoms with Gasteiger partial charge in [-0.25, -0.2) is 4.98 Å². The van der Waals surface area contributed by atoms with Gasteiger partial charge in [-0.2, -0.15) is 10.5 Å². The average Bonchev–Trinajstić information content (AvgIpc) is 2.78. The maximum atomic E-state index is 9.92. The summed E-state index contributed by atoms with van der Waals surface area (Å²) in [5.74, 6) is 1.40. The van der Waals surface area contributed by atoms with E-state index in [1.165, 1.54) is 11.8 Å². The Bertz CT molecular complexity index is 1080. The summed E-state index contributed by atoms with van der Waals surface area (Å²) in [7, 11) is 1.62. The predicted molar refractivity (Wildman–Crippen MR) is 117 cm³/mol. The van der Waals surface area contributed by atoms with Gasteiger partial charge in [0.2, 0.25) is 0 Å². The standard InChI is InChI=1S/C24H21N3O2S/c1-17-21(14-25)23(19-8-10-20(11-9-19)29-13-12-28-2)22(15-26)24(27-17)30-16-18-6-4-3-5-7-18/h3-11H,12-13,16H2,1-2H3. The van der Waals surface area contributed by atoms with Crippen LogP contribution in [-0.2, 0) is 10.5 Å². The quantitative estimate of drug-likeness (QED) is 0.375. The number of aryl methyl sites for hydroxylation is 1. The molecule has 0 unspecified atom stereocenters. The highest BCUT2D eigenvalue weighted by molar-refractivity contribution is 7.98. The second-order valence-corrected chi connectivity index (χ2v) is 7.45. The van der Waals surface area contributed by atoms with Crippen LogP contribution in [0.2, 0.25) is 0 Å². The fraction of sp³-hybridized carbons (Fsp3) is 0.208. The largest absolute Gasteiger partial charge is 0.491 e. The van der Waals surface area contributed by atoms with Crippen molar-refractivity contribution in [2.75, 3.05) is 20.3 Å². The van der Waals surface area contributed by atoms with Gasteiger partial charge in [0, 0.05) is 18.4 Å². The van der Waals surface area contributed by atoms with E-state index < -0.39 is 0 Å². The number of hydrogen-bond acceptors (Lipinski definition) is 6. The molecule has 0 N–H and O–H groups in total. The van der Waals surface area contributed by atoms with Crippen LogP contribution in [-0.4, -0.2) is 25.3 Å². The van der Waals surface area contributed by atoms with E-state index in [-0.39, 0.29) is 0 Å². The molecule has 0 amide bonds. The van der Waals surface area contributed by atoms with E-state index in [2.05, 4.69) is 17.1 Å². The van der Waals surface area contributed by atoms with Crippen LogP contribution in [0.1, 0.15) is 22.4 Å². The molecule has 0 aliphatic rings. The number of nitrogens with zero attached hydrogens (tertiary/aromatic N) is 3. The van der Waals surface area contributed by atoms with Gasteiger partial charge in [0.15, 0.2) is 0 Å². The van der Waals surface area contributed by atoms with E-state index in [1.54, 1.807) is 14.0 Å². The molecule has 0 spiro atoms. The second kappa shape index (κ2) is 10.5. The highest BCUT2D eigenvalue weighted by atomic mass is 32.2. The van der Waals surface area contributed by atoms with E-state index in [4.69, 9.17) is 9.47 Å². The van der Waals surface area contributed by atoms with Crippen molar-refractivity contribution in [2.24, 2.45) is 0 Å². The van der Waals surface area contributed by atoms with Gasteiger partial charge in [0.05, 0.1) is 23.4 Å². The van der Waals surface area contributed by atoms with Crippen molar-refractivity contribution in [2.45, 2.75) is 17.7 Å². The molecule has 1 aromatic heterocycles. The number of thioether (sulfide) groups is 1. The summed E-state index contributed by atoms with van der Waals surface area (Å²) < 4.78 is 10.6. The molecule has 150 valence electrons. The van der Waals surface area contributed by atoms with Crippen molar-refractivity contribution in [1.29, 1.82) is 10.5 Å². The van der Waals surface area contributed by atoms with Crippen LogP contribution in [0.25, 0.3) is 11.1 Å². The molecule has 6 heteroatoms. The zero-order valence-corrected chi connectivity index (χ0v) is 17.7. The number of methoxy groups -OCH3 is 1. The van der Waals surface area contributed by atoms with Crippen molar-refractivity contribution < 1.29 is 9.47 Å². The van der Waals surface area contributed by atoms with Crippen LogP contribution >= 0.6 is 11.8 Å². The predicted octanol–water partition coefficient (Wildman–Crippen LogP) is 5.12. The summed E-state index contributed by atoms with van der Waals surface area (Å²) in [5, 5.41) is 20.3. The minimum absolute atomic E-state index is 0.420. The van der Waals surface area contributed by atoms with Gasteiger partial charge in [-0.3, -0.25) is 0 Å². The molecule has 5 nitrogen and oxygen atoms in total. The van der Waals surface area contributed by atoms with Crippen LogP contribution < -0.4 is 4.74 Å². The van der Waals surface area contributed by atoms with Gasteiger partial charge >= 0.3 is 0 Å². The first-order valence-electron chi connectivity index (χ1n) is 9.41. The second-order valence-electron chi connectivity index (χ2n) is 6.49. The molecule has 0 fully saturated rings. The SMILES string of the molecule is COCCOc1ccc(-c2c(C#N)c(C)nc(SCc3ccccc3)c2C#N)cc1. The molecule has 3 rings (SSSR count). The zero-order chi connectivity index (χ0) is 21.3. The smallest absolute Gasteiger partial charge is 0.119 e. The number of nitriles is 2. The van der Waals surface area contributed by atoms with Crippen LogP contribution in [0, 0.1) is 29.6 Å². The Hall–Kier alpha value is -3.32. The summed E-state index contributed by atoms with van der Waals surface area (Å²) in [6.45, 7) is 2.76. The lowest BCUT2D eigenvalue weighted by molar-refractivity contribution is 0.146. The van der Waals surface area contributed by atoms with Gasteiger partial charge in [-0.15, -0.1) is 11.8 Å². The topological polar surface area (TPSA) is 78.9 Å². The van der Waals surface area contributed by atoms with Crippen molar-refractivity contribution in [1.82, 2.24) is 4.98 Å². The lowest BCUT2D eigenvalue weighted by Crippen LogP contribution is -2.04. The Morgan fingerprint density at radius 2 is 1.63 bits per heavy atom. The molecule has 0 saturated carbocycles. The van der Waals surface area contributed by atoms with Gasteiger partial charge in [-0.05, 0) is 30.2 Å². The van der Waals surface area contributed by atoms with Gasteiger partial charge < -0.3 is 9.47 Å². The van der Waals surface area contributed by atoms with E-state index >= 15 is 0 Å². The van der Waals surface area contributed by atoms with Crippen molar-refractivity contribution in [3.63, 3.8) is 0 Å². The lowest BCUT2D eigenvalue weighted by Gasteiger charge is -2.14. The summed E-state index contributed by atoms with van der Waals surface area (Å²) in [6.07, 6.45) is 0. The summed E-state index contributed by atoms with van der Waals surface area (Å²) in [6, 6.07) is 21.9. The normalized spacial score (nSPS) is 10.3. The molecule has 0 aliphatic heterocycles. The molecule has 2 aromatic carbocycles. The van der Waals surface area contributed by atoms with Crippen LogP contribution in [0.3, 0.4) is 0 Å². The van der Waals surface area contributed by atoms with Crippen LogP contribution in [0.4, 0.5) is 0 Å². The average molecular weight is 416 g/mol. The molecule has 0 aliphatic carbocycles. The van der Waals surface area contributed by atoms with Crippen molar-refractivity contribution in [3.8, 4) is 29.0 Å². The number of hydrogen-bond donors (Lipinski definition) is 0. The Morgan fingerprint density at radius 1 is 0.933 bits per heavy atom. The molecule has 3 aromatic rings. The summed E-state index contributed by atoms with van der Waals surface area (Å²) >= 11 is 1.50. The van der Waals surface area contributed by atoms with Crippen LogP contribution in [0.15, 0.2) is 59.6 Å². The highest BCUT2D eigenvalue weighted by Crippen LogP contribution is 2.36. The minimum Gasteiger partial charge on any atom is -0.491 e. The first-order valence-corrected chi connectivity index (χ1v) is 10.4. The fourth-order valence-corrected chi connectivity index (χ4v) is 3.99. The number of aromatic nitrogens is 1. The Balaban J connectivity index is 1.97. The fourth-order valence-electron chi connectivity index (χ4n) is 3.00. The van der Waals surface area contributed by atoms with E-state index in [0.29, 0.717) is 52.1 Å². The number of benzene rings is 2. The lowest BCUT2D eigenvalue weighted by atomic mass is 9.95. The molecule has 0 radical (unpaired) electrons. The first kappa shape index (κ1) is 21.4. The summed E-state index contributed by atoms with van der Waals surface area (Å²) in [5.41, 5.74) is 4.01. The molecular formula is C24H21N3O2S. The molecule has 30 heavy (non-hydrogen) atoms. The van der Waals surface area contributed by atoms with Crippen molar-refractivity contribution >= 4 is 11.8 Å². The monoisotopic (exact) mass is 415 g/mol. The van der Waals surface area contributed by atoms with Crippen LogP contribution in [0.5, 0.6) is 5.75 Å². The third kappa shape index (κ3) is 4.99. The molecule has 0 bridgehead atoms. The Labute approximate surface area is 180 Å². The number of pyridine rings is 1. The van der Waals surface area contributed by atoms with E-state index in [1.807, 2.05) is 54.6 Å². The molecule has 0 saturated heterocycles. The molecule has 1 heterocycles.